The van der Waals surface area contributed by atoms with Crippen LogP contribution in [-0.4, -0.2) is 34.5 Å². The van der Waals surface area contributed by atoms with Crippen molar-refractivity contribution in [2.45, 2.75) is 19.6 Å². The van der Waals surface area contributed by atoms with Gasteiger partial charge in [-0.2, -0.15) is 0 Å². The molecule has 0 amide bonds. The van der Waals surface area contributed by atoms with Crippen molar-refractivity contribution in [3.05, 3.63) is 0 Å². The largest absolute Gasteiger partial charge is 0.479 e. The summed E-state index contributed by atoms with van der Waals surface area (Å²) in [6.07, 6.45) is 0. The third-order valence-corrected chi connectivity index (χ3v) is 11.4. The van der Waals surface area contributed by atoms with Gasteiger partial charge in [-0.15, -0.1) is 0 Å². The van der Waals surface area contributed by atoms with Gasteiger partial charge in [0.2, 0.25) is 0 Å². The van der Waals surface area contributed by atoms with Crippen LogP contribution in [0.1, 0.15) is 0 Å². The molecule has 1 aliphatic rings. The van der Waals surface area contributed by atoms with Gasteiger partial charge in [-0.3, -0.25) is 0 Å². The smallest absolute Gasteiger partial charge is 0.420 e. The molecule has 0 bridgehead atoms. The zero-order chi connectivity index (χ0) is 8.48. The predicted octanol–water partition coefficient (Wildman–Crippen LogP) is -0.0345. The second kappa shape index (κ2) is 3.47. The van der Waals surface area contributed by atoms with E-state index in [1.165, 1.54) is 0 Å². The van der Waals surface area contributed by atoms with Crippen molar-refractivity contribution < 1.29 is 16.8 Å². The van der Waals surface area contributed by atoms with E-state index in [4.69, 9.17) is 16.8 Å². The van der Waals surface area contributed by atoms with Crippen molar-refractivity contribution in [2.75, 3.05) is 7.11 Å². The third-order valence-electron chi connectivity index (χ3n) is 1.51. The minimum Gasteiger partial charge on any atom is -0.420 e. The third kappa shape index (κ3) is 2.47. The van der Waals surface area contributed by atoms with Gasteiger partial charge >= 0.3 is 27.4 Å². The fourth-order valence-corrected chi connectivity index (χ4v) is 11.0. The van der Waals surface area contributed by atoms with Crippen LogP contribution in [-0.2, 0) is 16.8 Å². The van der Waals surface area contributed by atoms with E-state index in [1.54, 1.807) is 7.11 Å². The lowest BCUT2D eigenvalue weighted by Gasteiger charge is -2.36. The maximum absolute atomic E-state index is 5.54. The van der Waals surface area contributed by atoms with E-state index in [0.29, 0.717) is 0 Å². The highest BCUT2D eigenvalue weighted by atomic mass is 28.5. The molecule has 66 valence electrons. The van der Waals surface area contributed by atoms with Crippen LogP contribution in [0, 0.1) is 0 Å². The predicted molar refractivity (Wildman–Crippen MR) is 47.9 cm³/mol. The molecule has 0 spiro atoms. The van der Waals surface area contributed by atoms with E-state index in [-0.39, 0.29) is 0 Å². The van der Waals surface area contributed by atoms with Gasteiger partial charge in [0.1, 0.15) is 0 Å². The maximum atomic E-state index is 5.54. The molecule has 0 saturated carbocycles. The maximum Gasteiger partial charge on any atom is 0.479 e. The molecular formula is C4H14O4Si3. The molecule has 4 nitrogen and oxygen atoms in total. The van der Waals surface area contributed by atoms with E-state index < -0.39 is 27.4 Å². The van der Waals surface area contributed by atoms with Gasteiger partial charge in [0.05, 0.1) is 0 Å². The summed E-state index contributed by atoms with van der Waals surface area (Å²) >= 11 is 0. The first-order valence-electron chi connectivity index (χ1n) is 3.62. The zero-order valence-corrected chi connectivity index (χ0v) is 10.6. The van der Waals surface area contributed by atoms with Crippen molar-refractivity contribution in [3.63, 3.8) is 0 Å². The molecule has 0 aromatic carbocycles. The molecule has 0 radical (unpaired) electrons. The molecule has 1 heterocycles. The van der Waals surface area contributed by atoms with Gasteiger partial charge in [0.15, 0.2) is 0 Å². The molecule has 1 fully saturated rings. The molecule has 11 heavy (non-hydrogen) atoms. The van der Waals surface area contributed by atoms with Crippen molar-refractivity contribution in [2.24, 2.45) is 0 Å². The van der Waals surface area contributed by atoms with Gasteiger partial charge in [0.25, 0.3) is 0 Å². The summed E-state index contributed by atoms with van der Waals surface area (Å²) in [7, 11) is -3.44. The van der Waals surface area contributed by atoms with Crippen molar-refractivity contribution >= 4 is 27.4 Å². The molecular weight excluding hydrogens is 196 g/mol. The minimum absolute atomic E-state index is 1.42. The Morgan fingerprint density at radius 3 is 2.00 bits per heavy atom. The lowest BCUT2D eigenvalue weighted by Crippen LogP contribution is -2.56. The van der Waals surface area contributed by atoms with Crippen molar-refractivity contribution in [1.29, 1.82) is 0 Å². The molecule has 2 atom stereocenters. The first-order valence-corrected chi connectivity index (χ1v) is 10.0. The Labute approximate surface area is 71.5 Å². The average Bonchev–Trinajstić information content (AvgIpc) is 1.84. The van der Waals surface area contributed by atoms with Crippen LogP contribution in [0.3, 0.4) is 0 Å². The molecule has 0 N–H and O–H groups in total. The van der Waals surface area contributed by atoms with Crippen LogP contribution in [0.15, 0.2) is 0 Å². The Balaban J connectivity index is 2.55. The fourth-order valence-electron chi connectivity index (χ4n) is 1.05. The molecule has 1 rings (SSSR count). The van der Waals surface area contributed by atoms with E-state index in [1.807, 2.05) is 19.6 Å². The molecule has 7 heteroatoms. The first kappa shape index (κ1) is 9.58. The summed E-state index contributed by atoms with van der Waals surface area (Å²) in [4.78, 5) is 0. The summed E-state index contributed by atoms with van der Waals surface area (Å²) in [6.45, 7) is 5.94. The average molecular weight is 210 g/mol. The molecule has 0 aliphatic carbocycles. The Hall–Kier alpha value is 0.491. The molecule has 2 unspecified atom stereocenters. The highest BCUT2D eigenvalue weighted by Gasteiger charge is 2.42. The first-order chi connectivity index (χ1) is 5.06. The van der Waals surface area contributed by atoms with Gasteiger partial charge in [-0.25, -0.2) is 0 Å². The highest BCUT2D eigenvalue weighted by molar-refractivity contribution is 6.78. The second-order valence-corrected chi connectivity index (χ2v) is 9.95. The van der Waals surface area contributed by atoms with Gasteiger partial charge in [0, 0.05) is 13.7 Å². The van der Waals surface area contributed by atoms with Crippen LogP contribution in [0.25, 0.3) is 0 Å². The molecule has 0 aromatic heterocycles. The molecule has 1 saturated heterocycles. The Morgan fingerprint density at radius 2 is 1.64 bits per heavy atom. The van der Waals surface area contributed by atoms with Gasteiger partial charge in [-0.05, 0) is 13.1 Å². The lowest BCUT2D eigenvalue weighted by atomic mass is 11.8. The van der Waals surface area contributed by atoms with Gasteiger partial charge < -0.3 is 16.8 Å². The quantitative estimate of drug-likeness (QED) is 0.570. The van der Waals surface area contributed by atoms with E-state index >= 15 is 0 Å². The fraction of sp³-hybridized carbons (Fsp3) is 1.00. The van der Waals surface area contributed by atoms with Gasteiger partial charge in [-0.1, -0.05) is 0 Å². The lowest BCUT2D eigenvalue weighted by molar-refractivity contribution is 0.161. The summed E-state index contributed by atoms with van der Waals surface area (Å²) in [6, 6.07) is 0. The second-order valence-electron chi connectivity index (χ2n) is 2.57. The normalized spacial score (nSPS) is 45.8. The monoisotopic (exact) mass is 210 g/mol. The Kier molecular flexibility index (Phi) is 3.03. The zero-order valence-electron chi connectivity index (χ0n) is 7.29. The summed E-state index contributed by atoms with van der Waals surface area (Å²) in [5, 5.41) is 0. The number of hydrogen-bond donors (Lipinski definition) is 0. The van der Waals surface area contributed by atoms with Crippen LogP contribution in [0.5, 0.6) is 0 Å². The Morgan fingerprint density at radius 1 is 1.18 bits per heavy atom. The molecule has 0 aromatic rings. The standard InChI is InChI=1S/C4H14O4Si3/c1-5-11(4)7-9(2)6-10(3)8-11/h9-10H,1-4H3. The highest BCUT2D eigenvalue weighted by Crippen LogP contribution is 2.17. The summed E-state index contributed by atoms with van der Waals surface area (Å²) in [5.74, 6) is 0. The Bertz CT molecular complexity index is 133. The number of hydrogen-bond acceptors (Lipinski definition) is 4. The number of rotatable bonds is 1. The van der Waals surface area contributed by atoms with Crippen molar-refractivity contribution in [3.8, 4) is 0 Å². The van der Waals surface area contributed by atoms with E-state index in [2.05, 4.69) is 0 Å². The van der Waals surface area contributed by atoms with Crippen LogP contribution in [0.2, 0.25) is 19.6 Å². The van der Waals surface area contributed by atoms with E-state index in [9.17, 15) is 0 Å². The SMILES string of the molecule is CO[Si]1(C)O[SiH](C)O[SiH](C)O1. The summed E-state index contributed by atoms with van der Waals surface area (Å²) in [5.41, 5.74) is 0. The topological polar surface area (TPSA) is 36.9 Å². The summed E-state index contributed by atoms with van der Waals surface area (Å²) < 4.78 is 21.8. The molecule has 1 aliphatic heterocycles. The van der Waals surface area contributed by atoms with Crippen molar-refractivity contribution in [1.82, 2.24) is 0 Å². The minimum atomic E-state index is -2.24. The van der Waals surface area contributed by atoms with E-state index in [0.717, 1.165) is 0 Å². The van der Waals surface area contributed by atoms with Crippen LogP contribution < -0.4 is 0 Å². The van der Waals surface area contributed by atoms with Crippen LogP contribution >= 0.6 is 0 Å². The van der Waals surface area contributed by atoms with Crippen LogP contribution in [0.4, 0.5) is 0 Å².